The number of ether oxygens (including phenoxy) is 4. The van der Waals surface area contributed by atoms with Crippen molar-refractivity contribution in [3.05, 3.63) is 59.4 Å². The first kappa shape index (κ1) is 24.5. The van der Waals surface area contributed by atoms with E-state index >= 15 is 0 Å². The topological polar surface area (TPSA) is 77.5 Å². The molecule has 9 heteroatoms. The quantitative estimate of drug-likeness (QED) is 0.572. The number of rotatable bonds is 9. The molecule has 33 heavy (non-hydrogen) atoms. The van der Waals surface area contributed by atoms with Crippen molar-refractivity contribution in [2.24, 2.45) is 0 Å². The van der Waals surface area contributed by atoms with Crippen molar-refractivity contribution < 1.29 is 32.9 Å². The summed E-state index contributed by atoms with van der Waals surface area (Å²) in [6, 6.07) is 10.9. The van der Waals surface area contributed by atoms with Crippen LogP contribution in [-0.2, 0) is 9.47 Å². The number of carbonyl (C=O) groups is 2. The van der Waals surface area contributed by atoms with Crippen LogP contribution in [0, 0.1) is 5.82 Å². The lowest BCUT2D eigenvalue weighted by Gasteiger charge is -2.36. The highest BCUT2D eigenvalue weighted by molar-refractivity contribution is 5.95. The van der Waals surface area contributed by atoms with Gasteiger partial charge in [0.25, 0.3) is 11.8 Å². The second kappa shape index (κ2) is 11.6. The van der Waals surface area contributed by atoms with Gasteiger partial charge < -0.3 is 28.7 Å². The fraction of sp³-hybridized carbons (Fsp3) is 0.417. The summed E-state index contributed by atoms with van der Waals surface area (Å²) in [5.41, 5.74) is 0.453. The highest BCUT2D eigenvalue weighted by Gasteiger charge is 2.29. The van der Waals surface area contributed by atoms with Crippen LogP contribution in [0.15, 0.2) is 42.5 Å². The van der Waals surface area contributed by atoms with E-state index in [1.165, 1.54) is 44.4 Å². The average Bonchev–Trinajstić information content (AvgIpc) is 2.85. The normalized spacial score (nSPS) is 15.8. The maximum Gasteiger partial charge on any atom is 0.256 e. The van der Waals surface area contributed by atoms with Gasteiger partial charge in [-0.3, -0.25) is 9.59 Å². The van der Waals surface area contributed by atoms with Crippen LogP contribution in [0.1, 0.15) is 20.7 Å². The molecule has 1 aliphatic rings. The third-order valence-corrected chi connectivity index (χ3v) is 5.44. The summed E-state index contributed by atoms with van der Waals surface area (Å²) in [6.45, 7) is 1.81. The van der Waals surface area contributed by atoms with Crippen LogP contribution in [-0.4, -0.2) is 88.4 Å². The molecule has 1 atom stereocenters. The van der Waals surface area contributed by atoms with Gasteiger partial charge in [-0.25, -0.2) is 4.39 Å². The van der Waals surface area contributed by atoms with Crippen LogP contribution in [0.5, 0.6) is 11.5 Å². The van der Waals surface area contributed by atoms with E-state index in [9.17, 15) is 14.0 Å². The van der Waals surface area contributed by atoms with E-state index in [2.05, 4.69) is 0 Å². The Bertz CT molecular complexity index is 970. The second-order valence-electron chi connectivity index (χ2n) is 7.54. The molecule has 178 valence electrons. The van der Waals surface area contributed by atoms with E-state index in [4.69, 9.17) is 18.9 Å². The lowest BCUT2D eigenvalue weighted by molar-refractivity contribution is -0.0347. The maximum absolute atomic E-state index is 14.2. The first-order chi connectivity index (χ1) is 16.0. The lowest BCUT2D eigenvalue weighted by Crippen LogP contribution is -2.51. The van der Waals surface area contributed by atoms with Crippen molar-refractivity contribution >= 4 is 11.8 Å². The number of nitrogens with zero attached hydrogens (tertiary/aromatic N) is 2. The Morgan fingerprint density at radius 2 is 1.88 bits per heavy atom. The fourth-order valence-electron chi connectivity index (χ4n) is 3.69. The Hall–Kier alpha value is -3.17. The van der Waals surface area contributed by atoms with Crippen LogP contribution < -0.4 is 9.47 Å². The molecule has 2 aromatic rings. The van der Waals surface area contributed by atoms with E-state index in [0.29, 0.717) is 43.4 Å². The molecule has 0 saturated carbocycles. The largest absolute Gasteiger partial charge is 0.493 e. The third kappa shape index (κ3) is 6.00. The molecule has 0 N–H and O–H groups in total. The third-order valence-electron chi connectivity index (χ3n) is 5.44. The van der Waals surface area contributed by atoms with Gasteiger partial charge in [0.2, 0.25) is 0 Å². The Balaban J connectivity index is 1.72. The molecule has 0 radical (unpaired) electrons. The fourth-order valence-corrected chi connectivity index (χ4v) is 3.69. The van der Waals surface area contributed by atoms with Crippen molar-refractivity contribution in [3.63, 3.8) is 0 Å². The predicted molar refractivity (Wildman–Crippen MR) is 119 cm³/mol. The van der Waals surface area contributed by atoms with E-state index in [0.717, 1.165) is 0 Å². The summed E-state index contributed by atoms with van der Waals surface area (Å²) in [5.74, 6) is -0.200. The molecule has 3 rings (SSSR count). The number of halogens is 1. The SMILES string of the molecule is COCCN(CC1CN(C(=O)c2ccc(OC)c(OC)c2)CCO1)C(=O)c1ccccc1F. The smallest absolute Gasteiger partial charge is 0.256 e. The minimum Gasteiger partial charge on any atom is -0.493 e. The van der Waals surface area contributed by atoms with Crippen LogP contribution in [0.3, 0.4) is 0 Å². The second-order valence-corrected chi connectivity index (χ2v) is 7.54. The molecule has 1 aliphatic heterocycles. The molecule has 0 spiro atoms. The van der Waals surface area contributed by atoms with Crippen LogP contribution in [0.25, 0.3) is 0 Å². The van der Waals surface area contributed by atoms with E-state index in [-0.39, 0.29) is 24.6 Å². The number of carbonyl (C=O) groups excluding carboxylic acids is 2. The number of morpholine rings is 1. The van der Waals surface area contributed by atoms with Crippen LogP contribution in [0.4, 0.5) is 4.39 Å². The molecule has 8 nitrogen and oxygen atoms in total. The zero-order valence-electron chi connectivity index (χ0n) is 19.1. The van der Waals surface area contributed by atoms with Gasteiger partial charge in [0.05, 0.1) is 39.1 Å². The average molecular weight is 461 g/mol. The van der Waals surface area contributed by atoms with Crippen molar-refractivity contribution in [2.75, 3.05) is 60.7 Å². The number of benzene rings is 2. The summed E-state index contributed by atoms with van der Waals surface area (Å²) in [4.78, 5) is 29.3. The van der Waals surface area contributed by atoms with Crippen LogP contribution in [0.2, 0.25) is 0 Å². The Morgan fingerprint density at radius 1 is 1.12 bits per heavy atom. The zero-order valence-corrected chi connectivity index (χ0v) is 19.1. The maximum atomic E-state index is 14.2. The summed E-state index contributed by atoms with van der Waals surface area (Å²) >= 11 is 0. The molecule has 1 heterocycles. The Morgan fingerprint density at radius 3 is 2.58 bits per heavy atom. The standard InChI is InChI=1S/C24H29FN2O6/c1-30-12-10-27(24(29)19-6-4-5-7-20(19)25)16-18-15-26(11-13-33-18)23(28)17-8-9-21(31-2)22(14-17)32-3/h4-9,14,18H,10-13,15-16H2,1-3H3. The molecule has 0 bridgehead atoms. The van der Waals surface area contributed by atoms with Gasteiger partial charge in [-0.15, -0.1) is 0 Å². The first-order valence-corrected chi connectivity index (χ1v) is 10.6. The Labute approximate surface area is 192 Å². The van der Waals surface area contributed by atoms with Crippen molar-refractivity contribution in [1.82, 2.24) is 9.80 Å². The Kier molecular flexibility index (Phi) is 8.62. The van der Waals surface area contributed by atoms with Gasteiger partial charge >= 0.3 is 0 Å². The van der Waals surface area contributed by atoms with Gasteiger partial charge in [-0.1, -0.05) is 12.1 Å². The molecule has 0 aliphatic carbocycles. The van der Waals surface area contributed by atoms with Gasteiger partial charge in [0.15, 0.2) is 11.5 Å². The number of methoxy groups -OCH3 is 3. The molecule has 1 saturated heterocycles. The van der Waals surface area contributed by atoms with Crippen molar-refractivity contribution in [3.8, 4) is 11.5 Å². The zero-order chi connectivity index (χ0) is 23.8. The minimum absolute atomic E-state index is 0.0114. The lowest BCUT2D eigenvalue weighted by atomic mass is 10.1. The predicted octanol–water partition coefficient (Wildman–Crippen LogP) is 2.47. The van der Waals surface area contributed by atoms with Crippen molar-refractivity contribution in [2.45, 2.75) is 6.10 Å². The van der Waals surface area contributed by atoms with E-state index in [1.807, 2.05) is 0 Å². The van der Waals surface area contributed by atoms with Gasteiger partial charge in [0, 0.05) is 38.9 Å². The molecular weight excluding hydrogens is 431 g/mol. The molecule has 1 unspecified atom stereocenters. The molecular formula is C24H29FN2O6. The molecule has 2 aromatic carbocycles. The number of hydrogen-bond donors (Lipinski definition) is 0. The monoisotopic (exact) mass is 460 g/mol. The summed E-state index contributed by atoms with van der Waals surface area (Å²) in [5, 5.41) is 0. The first-order valence-electron chi connectivity index (χ1n) is 10.6. The minimum atomic E-state index is -0.584. The molecule has 1 fully saturated rings. The molecule has 2 amide bonds. The van der Waals surface area contributed by atoms with Gasteiger partial charge in [-0.05, 0) is 30.3 Å². The highest BCUT2D eigenvalue weighted by Crippen LogP contribution is 2.28. The highest BCUT2D eigenvalue weighted by atomic mass is 19.1. The van der Waals surface area contributed by atoms with Crippen LogP contribution >= 0.6 is 0 Å². The summed E-state index contributed by atoms with van der Waals surface area (Å²) < 4.78 is 35.7. The van der Waals surface area contributed by atoms with Gasteiger partial charge in [0.1, 0.15) is 5.82 Å². The van der Waals surface area contributed by atoms with E-state index < -0.39 is 17.8 Å². The summed E-state index contributed by atoms with van der Waals surface area (Å²) in [7, 11) is 4.58. The number of amides is 2. The van der Waals surface area contributed by atoms with Gasteiger partial charge in [-0.2, -0.15) is 0 Å². The summed E-state index contributed by atoms with van der Waals surface area (Å²) in [6.07, 6.45) is -0.421. The number of hydrogen-bond acceptors (Lipinski definition) is 6. The molecule has 0 aromatic heterocycles. The van der Waals surface area contributed by atoms with E-state index in [1.54, 1.807) is 29.2 Å². The van der Waals surface area contributed by atoms with Crippen molar-refractivity contribution in [1.29, 1.82) is 0 Å².